The molecule has 0 N–H and O–H groups in total. The predicted molar refractivity (Wildman–Crippen MR) is 74.0 cm³/mol. The highest BCUT2D eigenvalue weighted by Crippen LogP contribution is 2.34. The average Bonchev–Trinajstić information content (AvgIpc) is 2.68. The van der Waals surface area contributed by atoms with Crippen molar-refractivity contribution in [2.75, 3.05) is 11.4 Å². The minimum Gasteiger partial charge on any atom is -0.320 e. The number of aliphatic imine (C=N–C) groups is 1. The van der Waals surface area contributed by atoms with Crippen LogP contribution in [0.3, 0.4) is 0 Å². The minimum atomic E-state index is -4.35. The van der Waals surface area contributed by atoms with Gasteiger partial charge in [-0.3, -0.25) is 4.79 Å². The maximum Gasteiger partial charge on any atom is 0.416 e. The average molecular weight is 302 g/mol. The maximum absolute atomic E-state index is 12.5. The van der Waals surface area contributed by atoms with Crippen molar-refractivity contribution in [1.82, 2.24) is 0 Å². The van der Waals surface area contributed by atoms with Crippen LogP contribution in [0, 0.1) is 0 Å². The van der Waals surface area contributed by atoms with Crippen LogP contribution < -0.4 is 4.90 Å². The highest BCUT2D eigenvalue weighted by atomic mass is 32.2. The van der Waals surface area contributed by atoms with Crippen LogP contribution in [0.5, 0.6) is 0 Å². The van der Waals surface area contributed by atoms with E-state index in [1.54, 1.807) is 4.90 Å². The molecule has 1 aliphatic rings. The molecule has 1 atom stereocenters. The number of hydrogen-bond acceptors (Lipinski definition) is 2. The normalized spacial score (nSPS) is 21.6. The minimum absolute atomic E-state index is 0.232. The summed E-state index contributed by atoms with van der Waals surface area (Å²) in [6.07, 6.45) is -4.35. The Hall–Kier alpha value is -1.50. The Balaban J connectivity index is 2.28. The van der Waals surface area contributed by atoms with Crippen LogP contribution >= 0.6 is 11.8 Å². The van der Waals surface area contributed by atoms with Crippen LogP contribution in [0.1, 0.15) is 19.4 Å². The van der Waals surface area contributed by atoms with Crippen molar-refractivity contribution in [2.24, 2.45) is 4.99 Å². The molecule has 0 bridgehead atoms. The molecule has 1 fully saturated rings. The first-order valence-corrected chi connectivity index (χ1v) is 6.86. The van der Waals surface area contributed by atoms with Crippen LogP contribution in [0.15, 0.2) is 29.3 Å². The van der Waals surface area contributed by atoms with E-state index >= 15 is 0 Å². The Morgan fingerprint density at radius 1 is 1.35 bits per heavy atom. The molecule has 7 heteroatoms. The Labute approximate surface area is 118 Å². The van der Waals surface area contributed by atoms with E-state index in [4.69, 9.17) is 0 Å². The first-order valence-electron chi connectivity index (χ1n) is 5.98. The zero-order valence-corrected chi connectivity index (χ0v) is 11.8. The van der Waals surface area contributed by atoms with Crippen LogP contribution in [0.2, 0.25) is 0 Å². The van der Waals surface area contributed by atoms with Crippen LogP contribution in [0.25, 0.3) is 0 Å². The molecule has 0 radical (unpaired) electrons. The number of benzene rings is 1. The monoisotopic (exact) mass is 302 g/mol. The van der Waals surface area contributed by atoms with E-state index in [0.717, 1.165) is 12.1 Å². The number of alkyl halides is 3. The summed E-state index contributed by atoms with van der Waals surface area (Å²) in [5.41, 5.74) is -0.0824. The molecule has 0 aliphatic carbocycles. The summed E-state index contributed by atoms with van der Waals surface area (Å²) < 4.78 is 37.6. The Morgan fingerprint density at radius 2 is 1.95 bits per heavy atom. The van der Waals surface area contributed by atoms with Crippen molar-refractivity contribution in [3.8, 4) is 0 Å². The number of rotatable bonds is 1. The molecule has 20 heavy (non-hydrogen) atoms. The van der Waals surface area contributed by atoms with Gasteiger partial charge in [0.1, 0.15) is 0 Å². The van der Waals surface area contributed by atoms with E-state index < -0.39 is 11.7 Å². The van der Waals surface area contributed by atoms with Crippen molar-refractivity contribution in [1.29, 1.82) is 0 Å². The molecular formula is C13H13F3N2OS. The molecule has 1 aromatic rings. The highest BCUT2D eigenvalue weighted by molar-refractivity contribution is 8.15. The second-order valence-electron chi connectivity index (χ2n) is 4.50. The fraction of sp³-hybridized carbons (Fsp3) is 0.385. The van der Waals surface area contributed by atoms with E-state index in [1.165, 1.54) is 30.8 Å². The van der Waals surface area contributed by atoms with Crippen molar-refractivity contribution >= 4 is 28.5 Å². The number of carbonyl (C=O) groups is 1. The Kier molecular flexibility index (Phi) is 4.08. The van der Waals surface area contributed by atoms with Crippen LogP contribution in [-0.4, -0.2) is 22.9 Å². The van der Waals surface area contributed by atoms with Gasteiger partial charge in [0, 0.05) is 24.4 Å². The van der Waals surface area contributed by atoms with Gasteiger partial charge in [-0.25, -0.2) is 0 Å². The van der Waals surface area contributed by atoms with Crippen molar-refractivity contribution in [3.63, 3.8) is 0 Å². The molecule has 1 aromatic carbocycles. The van der Waals surface area contributed by atoms with Gasteiger partial charge in [0.2, 0.25) is 5.91 Å². The number of halogens is 3. The van der Waals surface area contributed by atoms with Crippen LogP contribution in [0.4, 0.5) is 18.9 Å². The van der Waals surface area contributed by atoms with Crippen molar-refractivity contribution in [2.45, 2.75) is 25.3 Å². The largest absolute Gasteiger partial charge is 0.416 e. The first-order chi connectivity index (χ1) is 9.27. The van der Waals surface area contributed by atoms with Gasteiger partial charge in [-0.2, -0.15) is 18.2 Å². The smallest absolute Gasteiger partial charge is 0.320 e. The lowest BCUT2D eigenvalue weighted by Crippen LogP contribution is -2.25. The van der Waals surface area contributed by atoms with Gasteiger partial charge in [0.15, 0.2) is 5.17 Å². The number of amidine groups is 1. The molecule has 1 unspecified atom stereocenters. The molecule has 0 saturated carbocycles. The summed E-state index contributed by atoms with van der Waals surface area (Å²) in [4.78, 5) is 16.8. The predicted octanol–water partition coefficient (Wildman–Crippen LogP) is 3.55. The molecule has 3 nitrogen and oxygen atoms in total. The number of hydrogen-bond donors (Lipinski definition) is 0. The molecule has 1 heterocycles. The van der Waals surface area contributed by atoms with E-state index in [0.29, 0.717) is 17.4 Å². The summed E-state index contributed by atoms with van der Waals surface area (Å²) in [6.45, 7) is 3.94. The van der Waals surface area contributed by atoms with E-state index in [1.807, 2.05) is 6.92 Å². The number of anilines is 1. The van der Waals surface area contributed by atoms with E-state index in [2.05, 4.69) is 4.99 Å². The molecule has 1 saturated heterocycles. The van der Waals surface area contributed by atoms with Gasteiger partial charge in [0.25, 0.3) is 0 Å². The number of carbonyl (C=O) groups excluding carboxylic acids is 1. The van der Waals surface area contributed by atoms with Gasteiger partial charge in [-0.05, 0) is 24.3 Å². The van der Waals surface area contributed by atoms with Gasteiger partial charge in [-0.15, -0.1) is 0 Å². The molecule has 0 spiro atoms. The molecule has 1 amide bonds. The van der Waals surface area contributed by atoms with Crippen LogP contribution in [-0.2, 0) is 11.0 Å². The Bertz CT molecular complexity index is 540. The summed E-state index contributed by atoms with van der Waals surface area (Å²) >= 11 is 1.44. The SMILES string of the molecule is CC(=O)N=C1SC(C)CN1c1ccc(C(F)(F)F)cc1. The number of nitrogens with zero attached hydrogens (tertiary/aromatic N) is 2. The molecule has 108 valence electrons. The van der Waals surface area contributed by atoms with Gasteiger partial charge >= 0.3 is 6.18 Å². The summed E-state index contributed by atoms with van der Waals surface area (Å²) in [6, 6.07) is 4.87. The number of amides is 1. The zero-order valence-electron chi connectivity index (χ0n) is 10.9. The third kappa shape index (κ3) is 3.33. The van der Waals surface area contributed by atoms with Gasteiger partial charge < -0.3 is 4.90 Å². The van der Waals surface area contributed by atoms with Gasteiger partial charge in [0.05, 0.1) is 5.56 Å². The second-order valence-corrected chi connectivity index (χ2v) is 5.90. The zero-order chi connectivity index (χ0) is 14.9. The molecule has 1 aliphatic heterocycles. The third-order valence-electron chi connectivity index (χ3n) is 2.74. The van der Waals surface area contributed by atoms with E-state index in [-0.39, 0.29) is 11.2 Å². The van der Waals surface area contributed by atoms with Crippen molar-refractivity contribution in [3.05, 3.63) is 29.8 Å². The summed E-state index contributed by atoms with van der Waals surface area (Å²) in [5, 5.41) is 0.764. The lowest BCUT2D eigenvalue weighted by molar-refractivity contribution is -0.137. The lowest BCUT2D eigenvalue weighted by Gasteiger charge is -2.18. The summed E-state index contributed by atoms with van der Waals surface area (Å²) in [5.74, 6) is -0.321. The fourth-order valence-electron chi connectivity index (χ4n) is 1.88. The summed E-state index contributed by atoms with van der Waals surface area (Å²) in [7, 11) is 0. The third-order valence-corrected chi connectivity index (χ3v) is 3.81. The lowest BCUT2D eigenvalue weighted by atomic mass is 10.2. The van der Waals surface area contributed by atoms with Crippen molar-refractivity contribution < 1.29 is 18.0 Å². The Morgan fingerprint density at radius 3 is 2.45 bits per heavy atom. The highest BCUT2D eigenvalue weighted by Gasteiger charge is 2.31. The van der Waals surface area contributed by atoms with Gasteiger partial charge in [-0.1, -0.05) is 18.7 Å². The first kappa shape index (κ1) is 14.9. The standard InChI is InChI=1S/C13H13F3N2OS/c1-8-7-18(12(20-8)17-9(2)19)11-5-3-10(4-6-11)13(14,15)16/h3-6,8H,7H2,1-2H3. The molecule has 2 rings (SSSR count). The quantitative estimate of drug-likeness (QED) is 0.795. The second kappa shape index (κ2) is 5.47. The van der Waals surface area contributed by atoms with E-state index in [9.17, 15) is 18.0 Å². The molecular weight excluding hydrogens is 289 g/mol. The number of thioether (sulfide) groups is 1. The topological polar surface area (TPSA) is 32.7 Å². The molecule has 0 aromatic heterocycles. The fourth-order valence-corrected chi connectivity index (χ4v) is 2.96. The maximum atomic E-state index is 12.5.